The van der Waals surface area contributed by atoms with Gasteiger partial charge in [0.2, 0.25) is 5.91 Å². The molecule has 1 unspecified atom stereocenters. The van der Waals surface area contributed by atoms with Gasteiger partial charge in [-0.15, -0.1) is 0 Å². The predicted molar refractivity (Wildman–Crippen MR) is 64.6 cm³/mol. The van der Waals surface area contributed by atoms with Crippen molar-refractivity contribution in [3.05, 3.63) is 24.0 Å². The Morgan fingerprint density at radius 1 is 1.37 bits per heavy atom. The number of carbonyl (C=O) groups is 1. The van der Waals surface area contributed by atoms with E-state index in [2.05, 4.69) is 4.98 Å². The molecule has 0 saturated carbocycles. The first-order valence-electron chi connectivity index (χ1n) is 6.16. The number of halogens is 3. The molecule has 0 bridgehead atoms. The SMILES string of the molecule is CC(C)C1CCC(=O)N1c1ccc(C(F)(F)F)nc1. The summed E-state index contributed by atoms with van der Waals surface area (Å²) in [7, 11) is 0. The lowest BCUT2D eigenvalue weighted by Crippen LogP contribution is -2.36. The van der Waals surface area contributed by atoms with E-state index in [-0.39, 0.29) is 17.9 Å². The van der Waals surface area contributed by atoms with Gasteiger partial charge in [0.25, 0.3) is 0 Å². The maximum Gasteiger partial charge on any atom is 0.433 e. The Hall–Kier alpha value is -1.59. The highest BCUT2D eigenvalue weighted by Gasteiger charge is 2.36. The van der Waals surface area contributed by atoms with Crippen molar-refractivity contribution in [2.75, 3.05) is 4.90 Å². The van der Waals surface area contributed by atoms with Gasteiger partial charge in [0.05, 0.1) is 11.9 Å². The summed E-state index contributed by atoms with van der Waals surface area (Å²) >= 11 is 0. The average Bonchev–Trinajstić information content (AvgIpc) is 2.70. The van der Waals surface area contributed by atoms with Crippen LogP contribution in [0.4, 0.5) is 18.9 Å². The Labute approximate surface area is 109 Å². The number of aromatic nitrogens is 1. The molecule has 0 radical (unpaired) electrons. The molecule has 1 saturated heterocycles. The van der Waals surface area contributed by atoms with Crippen LogP contribution in [0.15, 0.2) is 18.3 Å². The highest BCUT2D eigenvalue weighted by atomic mass is 19.4. The molecule has 1 aromatic rings. The van der Waals surface area contributed by atoms with Crippen LogP contribution in [0.5, 0.6) is 0 Å². The fourth-order valence-electron chi connectivity index (χ4n) is 2.37. The Bertz CT molecular complexity index is 468. The molecule has 1 aromatic heterocycles. The zero-order chi connectivity index (χ0) is 14.2. The molecule has 3 nitrogen and oxygen atoms in total. The first-order valence-corrected chi connectivity index (χ1v) is 6.16. The van der Waals surface area contributed by atoms with Crippen LogP contribution in [0.25, 0.3) is 0 Å². The molecule has 0 aliphatic carbocycles. The lowest BCUT2D eigenvalue weighted by molar-refractivity contribution is -0.141. The number of hydrogen-bond donors (Lipinski definition) is 0. The van der Waals surface area contributed by atoms with Crippen LogP contribution >= 0.6 is 0 Å². The normalized spacial score (nSPS) is 20.4. The summed E-state index contributed by atoms with van der Waals surface area (Å²) in [4.78, 5) is 16.8. The van der Waals surface area contributed by atoms with E-state index in [9.17, 15) is 18.0 Å². The van der Waals surface area contributed by atoms with Gasteiger partial charge in [-0.05, 0) is 24.5 Å². The number of nitrogens with zero attached hydrogens (tertiary/aromatic N) is 2. The van der Waals surface area contributed by atoms with Crippen LogP contribution < -0.4 is 4.90 Å². The van der Waals surface area contributed by atoms with Crippen LogP contribution in [0, 0.1) is 5.92 Å². The van der Waals surface area contributed by atoms with Gasteiger partial charge < -0.3 is 4.90 Å². The molecule has 6 heteroatoms. The van der Waals surface area contributed by atoms with Crippen molar-refractivity contribution in [1.29, 1.82) is 0 Å². The fraction of sp³-hybridized carbons (Fsp3) is 0.538. The molecule has 1 aliphatic heterocycles. The third-order valence-electron chi connectivity index (χ3n) is 3.34. The van der Waals surface area contributed by atoms with E-state index in [1.165, 1.54) is 6.07 Å². The summed E-state index contributed by atoms with van der Waals surface area (Å²) in [5.74, 6) is 0.203. The summed E-state index contributed by atoms with van der Waals surface area (Å²) in [6.07, 6.45) is -2.16. The second-order valence-corrected chi connectivity index (χ2v) is 5.01. The van der Waals surface area contributed by atoms with Crippen LogP contribution in [-0.4, -0.2) is 16.9 Å². The van der Waals surface area contributed by atoms with Crippen molar-refractivity contribution < 1.29 is 18.0 Å². The molecule has 2 heterocycles. The lowest BCUT2D eigenvalue weighted by Gasteiger charge is -2.27. The summed E-state index contributed by atoms with van der Waals surface area (Å²) in [6, 6.07) is 2.26. The molecule has 104 valence electrons. The Balaban J connectivity index is 2.28. The smallest absolute Gasteiger partial charge is 0.308 e. The van der Waals surface area contributed by atoms with E-state index < -0.39 is 11.9 Å². The minimum Gasteiger partial charge on any atom is -0.308 e. The van der Waals surface area contributed by atoms with Crippen LogP contribution in [0.2, 0.25) is 0 Å². The Morgan fingerprint density at radius 2 is 2.05 bits per heavy atom. The van der Waals surface area contributed by atoms with Gasteiger partial charge in [-0.3, -0.25) is 4.79 Å². The maximum absolute atomic E-state index is 12.4. The van der Waals surface area contributed by atoms with E-state index in [4.69, 9.17) is 0 Å². The minimum atomic E-state index is -4.45. The quantitative estimate of drug-likeness (QED) is 0.828. The second-order valence-electron chi connectivity index (χ2n) is 5.01. The lowest BCUT2D eigenvalue weighted by atomic mass is 10.0. The van der Waals surface area contributed by atoms with E-state index in [1.54, 1.807) is 4.90 Å². The minimum absolute atomic E-state index is 0.0334. The number of rotatable bonds is 2. The summed E-state index contributed by atoms with van der Waals surface area (Å²) in [5.41, 5.74) is -0.502. The molecule has 0 aromatic carbocycles. The van der Waals surface area contributed by atoms with Gasteiger partial charge in [-0.2, -0.15) is 13.2 Å². The molecular weight excluding hydrogens is 257 g/mol. The van der Waals surface area contributed by atoms with Crippen LogP contribution in [0.3, 0.4) is 0 Å². The highest BCUT2D eigenvalue weighted by Crippen LogP contribution is 2.32. The third kappa shape index (κ3) is 2.72. The Morgan fingerprint density at radius 3 is 2.53 bits per heavy atom. The van der Waals surface area contributed by atoms with Crippen LogP contribution in [-0.2, 0) is 11.0 Å². The zero-order valence-electron chi connectivity index (χ0n) is 10.7. The van der Waals surface area contributed by atoms with E-state index in [0.717, 1.165) is 18.7 Å². The number of anilines is 1. The first-order chi connectivity index (χ1) is 8.80. The van der Waals surface area contributed by atoms with Gasteiger partial charge in [0.15, 0.2) is 0 Å². The molecule has 1 aliphatic rings. The highest BCUT2D eigenvalue weighted by molar-refractivity contribution is 5.96. The summed E-state index contributed by atoms with van der Waals surface area (Å²) in [6.45, 7) is 3.99. The van der Waals surface area contributed by atoms with Crippen molar-refractivity contribution in [1.82, 2.24) is 4.98 Å². The zero-order valence-corrected chi connectivity index (χ0v) is 10.7. The largest absolute Gasteiger partial charge is 0.433 e. The molecule has 2 rings (SSSR count). The van der Waals surface area contributed by atoms with Crippen molar-refractivity contribution in [3.8, 4) is 0 Å². The summed E-state index contributed by atoms with van der Waals surface area (Å²) < 4.78 is 37.3. The van der Waals surface area contributed by atoms with Crippen molar-refractivity contribution in [3.63, 3.8) is 0 Å². The van der Waals surface area contributed by atoms with Crippen LogP contribution in [0.1, 0.15) is 32.4 Å². The number of alkyl halides is 3. The Kier molecular flexibility index (Phi) is 3.52. The second kappa shape index (κ2) is 4.83. The van der Waals surface area contributed by atoms with Gasteiger partial charge in [-0.1, -0.05) is 13.8 Å². The molecule has 19 heavy (non-hydrogen) atoms. The number of carbonyl (C=O) groups excluding carboxylic acids is 1. The molecule has 1 amide bonds. The van der Waals surface area contributed by atoms with Gasteiger partial charge in [0, 0.05) is 12.5 Å². The average molecular weight is 272 g/mol. The molecule has 1 atom stereocenters. The molecular formula is C13H15F3N2O. The van der Waals surface area contributed by atoms with Crippen molar-refractivity contribution >= 4 is 11.6 Å². The predicted octanol–water partition coefficient (Wildman–Crippen LogP) is 3.25. The standard InChI is InChI=1S/C13H15F3N2O/c1-8(2)10-4-6-12(19)18(10)9-3-5-11(17-7-9)13(14,15)16/h3,5,7-8,10H,4,6H2,1-2H3. The third-order valence-corrected chi connectivity index (χ3v) is 3.34. The number of hydrogen-bond acceptors (Lipinski definition) is 2. The van der Waals surface area contributed by atoms with Crippen molar-refractivity contribution in [2.45, 2.75) is 38.9 Å². The maximum atomic E-state index is 12.4. The number of amides is 1. The van der Waals surface area contributed by atoms with E-state index >= 15 is 0 Å². The van der Waals surface area contributed by atoms with Gasteiger partial charge in [0.1, 0.15) is 5.69 Å². The molecule has 0 spiro atoms. The fourth-order valence-corrected chi connectivity index (χ4v) is 2.37. The summed E-state index contributed by atoms with van der Waals surface area (Å²) in [5, 5.41) is 0. The molecule has 0 N–H and O–H groups in total. The topological polar surface area (TPSA) is 33.2 Å². The van der Waals surface area contributed by atoms with E-state index in [1.807, 2.05) is 13.8 Å². The van der Waals surface area contributed by atoms with E-state index in [0.29, 0.717) is 12.1 Å². The molecule has 1 fully saturated rings. The first kappa shape index (κ1) is 13.8. The monoisotopic (exact) mass is 272 g/mol. The van der Waals surface area contributed by atoms with Crippen molar-refractivity contribution in [2.24, 2.45) is 5.92 Å². The van der Waals surface area contributed by atoms with Gasteiger partial charge >= 0.3 is 6.18 Å². The van der Waals surface area contributed by atoms with Gasteiger partial charge in [-0.25, -0.2) is 4.98 Å². The number of pyridine rings is 1.